The number of aryl methyl sites for hydroxylation is 2. The zero-order valence-corrected chi connectivity index (χ0v) is 10.7. The van der Waals surface area contributed by atoms with E-state index in [1.807, 2.05) is 68.5 Å². The third kappa shape index (κ3) is 2.95. The van der Waals surface area contributed by atoms with Gasteiger partial charge in [0, 0.05) is 5.56 Å². The summed E-state index contributed by atoms with van der Waals surface area (Å²) in [5, 5.41) is 0. The summed E-state index contributed by atoms with van der Waals surface area (Å²) < 4.78 is 0. The molecule has 2 rings (SSSR count). The summed E-state index contributed by atoms with van der Waals surface area (Å²) >= 11 is 0. The SMILES string of the molecule is Cc1ccc(C(=O)/C=C/c2ccccc2C)cc1. The number of hydrogen-bond acceptors (Lipinski definition) is 1. The normalized spacial score (nSPS) is 10.8. The maximum absolute atomic E-state index is 12.0. The zero-order chi connectivity index (χ0) is 13.0. The number of carbonyl (C=O) groups excluding carboxylic acids is 1. The molecule has 0 heterocycles. The molecule has 0 aromatic heterocycles. The van der Waals surface area contributed by atoms with Crippen LogP contribution >= 0.6 is 0 Å². The number of ketones is 1. The lowest BCUT2D eigenvalue weighted by Crippen LogP contribution is -1.93. The first kappa shape index (κ1) is 12.3. The van der Waals surface area contributed by atoms with E-state index in [9.17, 15) is 4.79 Å². The second-order valence-electron chi connectivity index (χ2n) is 4.42. The molecule has 0 atom stereocenters. The van der Waals surface area contributed by atoms with Crippen molar-refractivity contribution < 1.29 is 4.79 Å². The minimum absolute atomic E-state index is 0.0400. The summed E-state index contributed by atoms with van der Waals surface area (Å²) in [6.07, 6.45) is 3.50. The molecule has 1 nitrogen and oxygen atoms in total. The highest BCUT2D eigenvalue weighted by Gasteiger charge is 2.00. The van der Waals surface area contributed by atoms with Crippen LogP contribution in [-0.2, 0) is 0 Å². The van der Waals surface area contributed by atoms with Crippen LogP contribution in [0.5, 0.6) is 0 Å². The second kappa shape index (κ2) is 5.46. The number of carbonyl (C=O) groups is 1. The van der Waals surface area contributed by atoms with Crippen molar-refractivity contribution in [2.75, 3.05) is 0 Å². The molecule has 0 saturated heterocycles. The fourth-order valence-corrected chi connectivity index (χ4v) is 1.75. The summed E-state index contributed by atoms with van der Waals surface area (Å²) in [5.74, 6) is 0.0400. The largest absolute Gasteiger partial charge is 0.289 e. The van der Waals surface area contributed by atoms with E-state index in [0.717, 1.165) is 16.7 Å². The van der Waals surface area contributed by atoms with Gasteiger partial charge in [0.1, 0.15) is 0 Å². The van der Waals surface area contributed by atoms with Crippen LogP contribution in [0.4, 0.5) is 0 Å². The van der Waals surface area contributed by atoms with Gasteiger partial charge in [-0.2, -0.15) is 0 Å². The van der Waals surface area contributed by atoms with Crippen LogP contribution in [0.2, 0.25) is 0 Å². The first-order valence-corrected chi connectivity index (χ1v) is 6.01. The van der Waals surface area contributed by atoms with Crippen molar-refractivity contribution in [2.45, 2.75) is 13.8 Å². The number of allylic oxidation sites excluding steroid dienone is 1. The first-order chi connectivity index (χ1) is 8.66. The first-order valence-electron chi connectivity index (χ1n) is 6.01. The molecule has 0 bridgehead atoms. The van der Waals surface area contributed by atoms with Gasteiger partial charge in [0.05, 0.1) is 0 Å². The fraction of sp³-hybridized carbons (Fsp3) is 0.118. The summed E-state index contributed by atoms with van der Waals surface area (Å²) in [5.41, 5.74) is 4.14. The van der Waals surface area contributed by atoms with Gasteiger partial charge in [0.25, 0.3) is 0 Å². The third-order valence-corrected chi connectivity index (χ3v) is 2.94. The molecule has 0 aliphatic rings. The third-order valence-electron chi connectivity index (χ3n) is 2.94. The zero-order valence-electron chi connectivity index (χ0n) is 10.7. The minimum Gasteiger partial charge on any atom is -0.289 e. The molecule has 0 radical (unpaired) electrons. The summed E-state index contributed by atoms with van der Waals surface area (Å²) in [4.78, 5) is 12.0. The van der Waals surface area contributed by atoms with E-state index in [-0.39, 0.29) is 5.78 Å². The van der Waals surface area contributed by atoms with Crippen molar-refractivity contribution in [1.29, 1.82) is 0 Å². The van der Waals surface area contributed by atoms with Gasteiger partial charge in [-0.05, 0) is 31.1 Å². The Morgan fingerprint density at radius 1 is 0.944 bits per heavy atom. The Kier molecular flexibility index (Phi) is 3.73. The molecule has 90 valence electrons. The van der Waals surface area contributed by atoms with E-state index in [4.69, 9.17) is 0 Å². The summed E-state index contributed by atoms with van der Waals surface area (Å²) in [6, 6.07) is 15.6. The van der Waals surface area contributed by atoms with Crippen molar-refractivity contribution in [3.8, 4) is 0 Å². The van der Waals surface area contributed by atoms with Crippen LogP contribution in [0.25, 0.3) is 6.08 Å². The molecule has 18 heavy (non-hydrogen) atoms. The predicted octanol–water partition coefficient (Wildman–Crippen LogP) is 4.20. The molecular weight excluding hydrogens is 220 g/mol. The quantitative estimate of drug-likeness (QED) is 0.576. The second-order valence-corrected chi connectivity index (χ2v) is 4.42. The van der Waals surface area contributed by atoms with Crippen LogP contribution in [0.1, 0.15) is 27.0 Å². The van der Waals surface area contributed by atoms with Gasteiger partial charge >= 0.3 is 0 Å². The van der Waals surface area contributed by atoms with E-state index in [1.165, 1.54) is 5.56 Å². The standard InChI is InChI=1S/C17H16O/c1-13-7-9-16(10-8-13)17(18)12-11-15-6-4-3-5-14(15)2/h3-12H,1-2H3/b12-11+. The van der Waals surface area contributed by atoms with Crippen molar-refractivity contribution in [3.63, 3.8) is 0 Å². The lowest BCUT2D eigenvalue weighted by molar-refractivity contribution is 0.104. The Morgan fingerprint density at radius 3 is 2.28 bits per heavy atom. The van der Waals surface area contributed by atoms with E-state index in [0.29, 0.717) is 0 Å². The van der Waals surface area contributed by atoms with Gasteiger partial charge < -0.3 is 0 Å². The highest BCUT2D eigenvalue weighted by Crippen LogP contribution is 2.10. The van der Waals surface area contributed by atoms with Crippen molar-refractivity contribution in [3.05, 3.63) is 76.9 Å². The molecule has 0 fully saturated rings. The van der Waals surface area contributed by atoms with Gasteiger partial charge in [-0.3, -0.25) is 4.79 Å². The number of benzene rings is 2. The molecular formula is C17H16O. The highest BCUT2D eigenvalue weighted by atomic mass is 16.1. The summed E-state index contributed by atoms with van der Waals surface area (Å²) in [6.45, 7) is 4.05. The lowest BCUT2D eigenvalue weighted by Gasteiger charge is -1.99. The average Bonchev–Trinajstić information content (AvgIpc) is 2.38. The van der Waals surface area contributed by atoms with E-state index in [1.54, 1.807) is 6.08 Å². The Morgan fingerprint density at radius 2 is 1.61 bits per heavy atom. The minimum atomic E-state index is 0.0400. The Labute approximate surface area is 108 Å². The fourth-order valence-electron chi connectivity index (χ4n) is 1.75. The molecule has 0 amide bonds. The number of rotatable bonds is 3. The Hall–Kier alpha value is -2.15. The van der Waals surface area contributed by atoms with Gasteiger partial charge in [0.2, 0.25) is 0 Å². The van der Waals surface area contributed by atoms with Crippen LogP contribution in [0, 0.1) is 13.8 Å². The van der Waals surface area contributed by atoms with Gasteiger partial charge in [-0.1, -0.05) is 60.2 Å². The summed E-state index contributed by atoms with van der Waals surface area (Å²) in [7, 11) is 0. The van der Waals surface area contributed by atoms with Crippen LogP contribution in [0.3, 0.4) is 0 Å². The topological polar surface area (TPSA) is 17.1 Å². The smallest absolute Gasteiger partial charge is 0.185 e. The molecule has 0 unspecified atom stereocenters. The van der Waals surface area contributed by atoms with Gasteiger partial charge in [-0.15, -0.1) is 0 Å². The van der Waals surface area contributed by atoms with E-state index >= 15 is 0 Å². The van der Waals surface area contributed by atoms with Crippen LogP contribution in [0.15, 0.2) is 54.6 Å². The molecule has 0 aliphatic carbocycles. The monoisotopic (exact) mass is 236 g/mol. The highest BCUT2D eigenvalue weighted by molar-refractivity contribution is 6.06. The Balaban J connectivity index is 2.17. The molecule has 0 aliphatic heterocycles. The average molecular weight is 236 g/mol. The van der Waals surface area contributed by atoms with Gasteiger partial charge in [0.15, 0.2) is 5.78 Å². The predicted molar refractivity (Wildman–Crippen MR) is 75.7 cm³/mol. The van der Waals surface area contributed by atoms with Crippen LogP contribution < -0.4 is 0 Å². The molecule has 0 N–H and O–H groups in total. The maximum atomic E-state index is 12.0. The molecule has 2 aromatic carbocycles. The molecule has 0 spiro atoms. The molecule has 0 saturated carbocycles. The van der Waals surface area contributed by atoms with E-state index in [2.05, 4.69) is 0 Å². The van der Waals surface area contributed by atoms with Crippen molar-refractivity contribution in [2.24, 2.45) is 0 Å². The molecule has 2 aromatic rings. The van der Waals surface area contributed by atoms with Crippen molar-refractivity contribution >= 4 is 11.9 Å². The molecule has 1 heteroatoms. The maximum Gasteiger partial charge on any atom is 0.185 e. The number of hydrogen-bond donors (Lipinski definition) is 0. The van der Waals surface area contributed by atoms with Crippen LogP contribution in [-0.4, -0.2) is 5.78 Å². The van der Waals surface area contributed by atoms with Gasteiger partial charge in [-0.25, -0.2) is 0 Å². The van der Waals surface area contributed by atoms with E-state index < -0.39 is 0 Å². The lowest BCUT2D eigenvalue weighted by atomic mass is 10.1. The van der Waals surface area contributed by atoms with Crippen molar-refractivity contribution in [1.82, 2.24) is 0 Å². The Bertz CT molecular complexity index is 577.